The third-order valence-corrected chi connectivity index (χ3v) is 6.19. The Morgan fingerprint density at radius 3 is 2.35 bits per heavy atom. The van der Waals surface area contributed by atoms with Gasteiger partial charge >= 0.3 is 6.09 Å². The molecule has 2 aromatic carbocycles. The van der Waals surface area contributed by atoms with E-state index >= 15 is 0 Å². The summed E-state index contributed by atoms with van der Waals surface area (Å²) >= 11 is 0. The van der Waals surface area contributed by atoms with Crippen LogP contribution < -0.4 is 10.6 Å². The van der Waals surface area contributed by atoms with E-state index in [1.54, 1.807) is 30.3 Å². The summed E-state index contributed by atoms with van der Waals surface area (Å²) in [6.45, 7) is 3.53. The molecule has 3 amide bonds. The van der Waals surface area contributed by atoms with E-state index < -0.39 is 33.8 Å². The molecule has 0 aromatic heterocycles. The Labute approximate surface area is 200 Å². The molecule has 1 unspecified atom stereocenters. The Bertz CT molecular complexity index is 1120. The summed E-state index contributed by atoms with van der Waals surface area (Å²) in [5.74, 6) is -1.33. The maximum Gasteiger partial charge on any atom is 0.408 e. The highest BCUT2D eigenvalue weighted by Gasteiger charge is 2.27. The molecule has 0 bridgehead atoms. The van der Waals surface area contributed by atoms with E-state index in [0.29, 0.717) is 5.69 Å². The summed E-state index contributed by atoms with van der Waals surface area (Å²) in [7, 11) is -1.97. The first-order chi connectivity index (χ1) is 16.0. The summed E-state index contributed by atoms with van der Waals surface area (Å²) < 4.78 is 28.4. The van der Waals surface area contributed by atoms with Gasteiger partial charge in [0.15, 0.2) is 0 Å². The lowest BCUT2D eigenvalue weighted by atomic mass is 10.1. The number of anilines is 1. The van der Waals surface area contributed by atoms with Gasteiger partial charge in [0.2, 0.25) is 11.8 Å². The zero-order valence-corrected chi connectivity index (χ0v) is 20.6. The predicted molar refractivity (Wildman–Crippen MR) is 130 cm³/mol. The van der Waals surface area contributed by atoms with Crippen molar-refractivity contribution >= 4 is 33.4 Å². The van der Waals surface area contributed by atoms with Crippen LogP contribution in [0.3, 0.4) is 0 Å². The standard InChI is InChI=1S/C24H31N3O6S/c1-17-9-8-12-20(18(17)2)25-22(28)15-27(3)23(29)21(13-14-34(4,31)32)26-24(30)33-16-19-10-6-5-7-11-19/h5-12,21H,13-16H2,1-4H3,(H,25,28)(H,26,30). The maximum atomic E-state index is 13.0. The molecule has 0 saturated carbocycles. The molecule has 2 N–H and O–H groups in total. The number of rotatable bonds is 10. The Morgan fingerprint density at radius 1 is 1.03 bits per heavy atom. The number of hydrogen-bond acceptors (Lipinski definition) is 6. The quantitative estimate of drug-likeness (QED) is 0.529. The van der Waals surface area contributed by atoms with Gasteiger partial charge in [0.05, 0.1) is 12.3 Å². The van der Waals surface area contributed by atoms with Gasteiger partial charge in [-0.3, -0.25) is 9.59 Å². The lowest BCUT2D eigenvalue weighted by Crippen LogP contribution is -2.49. The largest absolute Gasteiger partial charge is 0.445 e. The Hall–Kier alpha value is -3.40. The van der Waals surface area contributed by atoms with Gasteiger partial charge in [-0.25, -0.2) is 13.2 Å². The summed E-state index contributed by atoms with van der Waals surface area (Å²) in [6, 6.07) is 13.3. The number of carbonyl (C=O) groups is 3. The van der Waals surface area contributed by atoms with Crippen molar-refractivity contribution in [1.29, 1.82) is 0 Å². The smallest absolute Gasteiger partial charge is 0.408 e. The summed E-state index contributed by atoms with van der Waals surface area (Å²) in [5, 5.41) is 5.20. The van der Waals surface area contributed by atoms with Crippen molar-refractivity contribution in [3.63, 3.8) is 0 Å². The molecule has 9 nitrogen and oxygen atoms in total. The number of alkyl carbamates (subject to hydrolysis) is 1. The number of aryl methyl sites for hydroxylation is 1. The van der Waals surface area contributed by atoms with Gasteiger partial charge in [-0.15, -0.1) is 0 Å². The number of carbonyl (C=O) groups excluding carboxylic acids is 3. The normalized spacial score (nSPS) is 11.9. The van der Waals surface area contributed by atoms with Crippen molar-refractivity contribution in [3.05, 3.63) is 65.2 Å². The average Bonchev–Trinajstić information content (AvgIpc) is 2.77. The molecule has 2 aromatic rings. The van der Waals surface area contributed by atoms with Gasteiger partial charge in [0, 0.05) is 19.0 Å². The van der Waals surface area contributed by atoms with Crippen LogP contribution in [0.15, 0.2) is 48.5 Å². The molecule has 34 heavy (non-hydrogen) atoms. The second kappa shape index (κ2) is 12.2. The number of nitrogens with one attached hydrogen (secondary N) is 2. The number of sulfone groups is 1. The Morgan fingerprint density at radius 2 is 1.71 bits per heavy atom. The Balaban J connectivity index is 2.01. The maximum absolute atomic E-state index is 13.0. The molecular formula is C24H31N3O6S. The van der Waals surface area contributed by atoms with Crippen molar-refractivity contribution in [1.82, 2.24) is 10.2 Å². The average molecular weight is 490 g/mol. The van der Waals surface area contributed by atoms with Crippen LogP contribution >= 0.6 is 0 Å². The van der Waals surface area contributed by atoms with Crippen molar-refractivity contribution in [3.8, 4) is 0 Å². The monoisotopic (exact) mass is 489 g/mol. The Kier molecular flexibility index (Phi) is 9.61. The molecule has 0 aliphatic heterocycles. The lowest BCUT2D eigenvalue weighted by Gasteiger charge is -2.24. The lowest BCUT2D eigenvalue weighted by molar-refractivity contribution is -0.135. The highest BCUT2D eigenvalue weighted by atomic mass is 32.2. The molecule has 0 heterocycles. The highest BCUT2D eigenvalue weighted by Crippen LogP contribution is 2.17. The van der Waals surface area contributed by atoms with Gasteiger partial charge in [-0.2, -0.15) is 0 Å². The minimum Gasteiger partial charge on any atom is -0.445 e. The van der Waals surface area contributed by atoms with Gasteiger partial charge in [-0.1, -0.05) is 42.5 Å². The highest BCUT2D eigenvalue weighted by molar-refractivity contribution is 7.90. The summed E-state index contributed by atoms with van der Waals surface area (Å²) in [5.41, 5.74) is 3.33. The van der Waals surface area contributed by atoms with Crippen LogP contribution in [0.5, 0.6) is 0 Å². The number of benzene rings is 2. The van der Waals surface area contributed by atoms with Crippen molar-refractivity contribution in [2.45, 2.75) is 32.9 Å². The third-order valence-electron chi connectivity index (χ3n) is 5.22. The van der Waals surface area contributed by atoms with Crippen molar-refractivity contribution < 1.29 is 27.5 Å². The molecule has 1 atom stereocenters. The van der Waals surface area contributed by atoms with Gasteiger partial charge in [0.25, 0.3) is 0 Å². The first-order valence-corrected chi connectivity index (χ1v) is 12.8. The predicted octanol–water partition coefficient (Wildman–Crippen LogP) is 2.43. The van der Waals surface area contributed by atoms with E-state index in [2.05, 4.69) is 10.6 Å². The topological polar surface area (TPSA) is 122 Å². The minimum absolute atomic E-state index is 0.00620. The molecule has 184 valence electrons. The molecule has 0 aliphatic carbocycles. The third kappa shape index (κ3) is 8.86. The number of hydrogen-bond donors (Lipinski definition) is 2. The molecule has 0 spiro atoms. The van der Waals surface area contributed by atoms with Gasteiger partial charge in [-0.05, 0) is 43.0 Å². The molecule has 0 saturated heterocycles. The second-order valence-corrected chi connectivity index (χ2v) is 10.4. The summed E-state index contributed by atoms with van der Waals surface area (Å²) in [4.78, 5) is 38.9. The van der Waals surface area contributed by atoms with Crippen LogP contribution in [-0.2, 0) is 30.8 Å². The van der Waals surface area contributed by atoms with Gasteiger partial charge < -0.3 is 20.3 Å². The first-order valence-electron chi connectivity index (χ1n) is 10.7. The SMILES string of the molecule is Cc1cccc(NC(=O)CN(C)C(=O)C(CCS(C)(=O)=O)NC(=O)OCc2ccccc2)c1C. The molecule has 0 aliphatic rings. The van der Waals surface area contributed by atoms with Crippen molar-refractivity contribution in [2.75, 3.05) is 30.9 Å². The van der Waals surface area contributed by atoms with Crippen molar-refractivity contribution in [2.24, 2.45) is 0 Å². The van der Waals surface area contributed by atoms with E-state index in [0.717, 1.165) is 27.8 Å². The van der Waals surface area contributed by atoms with Crippen LogP contribution in [0.25, 0.3) is 0 Å². The molecule has 0 radical (unpaired) electrons. The number of amides is 3. The first kappa shape index (κ1) is 26.8. The second-order valence-electron chi connectivity index (χ2n) is 8.17. The van der Waals surface area contributed by atoms with Crippen LogP contribution in [0.4, 0.5) is 10.5 Å². The molecule has 2 rings (SSSR count). The minimum atomic E-state index is -3.38. The van der Waals surface area contributed by atoms with Crippen LogP contribution in [0.1, 0.15) is 23.1 Å². The van der Waals surface area contributed by atoms with E-state index in [1.807, 2.05) is 32.0 Å². The van der Waals surface area contributed by atoms with E-state index in [1.165, 1.54) is 7.05 Å². The van der Waals surface area contributed by atoms with Gasteiger partial charge in [0.1, 0.15) is 22.5 Å². The summed E-state index contributed by atoms with van der Waals surface area (Å²) in [6.07, 6.45) is 0.0360. The zero-order chi connectivity index (χ0) is 25.3. The van der Waals surface area contributed by atoms with Crippen LogP contribution in [0.2, 0.25) is 0 Å². The fourth-order valence-electron chi connectivity index (χ4n) is 3.13. The number of nitrogens with zero attached hydrogens (tertiary/aromatic N) is 1. The zero-order valence-electron chi connectivity index (χ0n) is 19.8. The van der Waals surface area contributed by atoms with Crippen LogP contribution in [0, 0.1) is 13.8 Å². The van der Waals surface area contributed by atoms with E-state index in [4.69, 9.17) is 4.74 Å². The van der Waals surface area contributed by atoms with E-state index in [9.17, 15) is 22.8 Å². The van der Waals surface area contributed by atoms with E-state index in [-0.39, 0.29) is 25.3 Å². The number of ether oxygens (including phenoxy) is 1. The molecule has 0 fully saturated rings. The fraction of sp³-hybridized carbons (Fsp3) is 0.375. The van der Waals surface area contributed by atoms with Crippen LogP contribution in [-0.4, -0.2) is 62.9 Å². The fourth-order valence-corrected chi connectivity index (χ4v) is 3.80. The number of likely N-dealkylation sites (N-methyl/N-ethyl adjacent to an activating group) is 1. The molecular weight excluding hydrogens is 458 g/mol. The molecule has 10 heteroatoms.